The summed E-state index contributed by atoms with van der Waals surface area (Å²) in [6.45, 7) is 5.76. The predicted molar refractivity (Wildman–Crippen MR) is 80.7 cm³/mol. The van der Waals surface area contributed by atoms with Crippen molar-refractivity contribution in [3.8, 4) is 0 Å². The molecule has 1 aromatic heterocycles. The maximum atomic E-state index is 12.5. The minimum atomic E-state index is -0.754. The molecule has 0 bridgehead atoms. The molecule has 2 unspecified atom stereocenters. The van der Waals surface area contributed by atoms with Gasteiger partial charge in [-0.05, 0) is 31.7 Å². The molecule has 3 nitrogen and oxygen atoms in total. The SMILES string of the molecule is CCC(C)(C(=O)N(C)C(C)c1cccs1)C(N)=S. The van der Waals surface area contributed by atoms with E-state index in [4.69, 9.17) is 18.0 Å². The minimum absolute atomic E-state index is 0.0154. The van der Waals surface area contributed by atoms with Crippen LogP contribution in [0.4, 0.5) is 0 Å². The number of rotatable bonds is 5. The number of hydrogen-bond donors (Lipinski definition) is 1. The zero-order valence-corrected chi connectivity index (χ0v) is 12.9. The summed E-state index contributed by atoms with van der Waals surface area (Å²) in [5.74, 6) is -0.0154. The summed E-state index contributed by atoms with van der Waals surface area (Å²) in [6, 6.07) is 4.06. The van der Waals surface area contributed by atoms with Crippen molar-refractivity contribution in [1.29, 1.82) is 0 Å². The van der Waals surface area contributed by atoms with Crippen LogP contribution in [-0.2, 0) is 4.79 Å². The second kappa shape index (κ2) is 5.80. The first-order chi connectivity index (χ1) is 8.34. The molecule has 0 spiro atoms. The Kier molecular flexibility index (Phi) is 4.87. The summed E-state index contributed by atoms with van der Waals surface area (Å²) in [7, 11) is 1.80. The van der Waals surface area contributed by atoms with Crippen LogP contribution in [0.1, 0.15) is 38.1 Å². The summed E-state index contributed by atoms with van der Waals surface area (Å²) in [4.78, 5) is 15.7. The van der Waals surface area contributed by atoms with Gasteiger partial charge in [0, 0.05) is 11.9 Å². The number of carbonyl (C=O) groups excluding carboxylic acids is 1. The fourth-order valence-electron chi connectivity index (χ4n) is 1.72. The Morgan fingerprint density at radius 2 is 2.28 bits per heavy atom. The van der Waals surface area contributed by atoms with Crippen LogP contribution in [0.5, 0.6) is 0 Å². The van der Waals surface area contributed by atoms with Crippen LogP contribution in [0.25, 0.3) is 0 Å². The van der Waals surface area contributed by atoms with Gasteiger partial charge in [0.15, 0.2) is 0 Å². The van der Waals surface area contributed by atoms with Gasteiger partial charge in [-0.25, -0.2) is 0 Å². The molecular weight excluding hydrogens is 264 g/mol. The molecule has 0 radical (unpaired) electrons. The highest BCUT2D eigenvalue weighted by Crippen LogP contribution is 2.30. The molecule has 1 rings (SSSR count). The first-order valence-corrected chi connectivity index (χ1v) is 7.24. The molecule has 0 aliphatic carbocycles. The van der Waals surface area contributed by atoms with Gasteiger partial charge in [0.1, 0.15) is 0 Å². The molecule has 1 aromatic rings. The standard InChI is InChI=1S/C13H20N2OS2/c1-5-13(3,11(14)17)12(16)15(4)9(2)10-7-6-8-18-10/h6-9H,5H2,1-4H3,(H2,14,17). The van der Waals surface area contributed by atoms with E-state index in [-0.39, 0.29) is 16.9 Å². The first-order valence-electron chi connectivity index (χ1n) is 5.95. The molecule has 1 heterocycles. The highest BCUT2D eigenvalue weighted by atomic mass is 32.1. The van der Waals surface area contributed by atoms with Crippen LogP contribution < -0.4 is 5.73 Å². The third-order valence-electron chi connectivity index (χ3n) is 3.58. The third kappa shape index (κ3) is 2.72. The van der Waals surface area contributed by atoms with E-state index in [1.54, 1.807) is 23.3 Å². The van der Waals surface area contributed by atoms with Gasteiger partial charge >= 0.3 is 0 Å². The average Bonchev–Trinajstić information content (AvgIpc) is 2.88. The highest BCUT2D eigenvalue weighted by molar-refractivity contribution is 7.80. The maximum absolute atomic E-state index is 12.5. The van der Waals surface area contributed by atoms with Gasteiger partial charge in [0.05, 0.1) is 16.4 Å². The van der Waals surface area contributed by atoms with Crippen molar-refractivity contribution >= 4 is 34.5 Å². The van der Waals surface area contributed by atoms with Crippen molar-refractivity contribution in [2.24, 2.45) is 11.1 Å². The number of thiophene rings is 1. The largest absolute Gasteiger partial charge is 0.392 e. The Balaban J connectivity index is 2.93. The topological polar surface area (TPSA) is 46.3 Å². The number of nitrogens with two attached hydrogens (primary N) is 1. The molecule has 1 amide bonds. The van der Waals surface area contributed by atoms with Gasteiger partial charge in [0.2, 0.25) is 5.91 Å². The van der Waals surface area contributed by atoms with Gasteiger partial charge in [0.25, 0.3) is 0 Å². The van der Waals surface area contributed by atoms with Gasteiger partial charge in [-0.2, -0.15) is 0 Å². The Labute approximate surface area is 118 Å². The van der Waals surface area contributed by atoms with E-state index in [1.165, 1.54) is 0 Å². The molecule has 0 aliphatic heterocycles. The zero-order chi connectivity index (χ0) is 13.9. The van der Waals surface area contributed by atoms with E-state index in [9.17, 15) is 4.79 Å². The first kappa shape index (κ1) is 15.1. The summed E-state index contributed by atoms with van der Waals surface area (Å²) in [5, 5.41) is 2.01. The molecule has 2 N–H and O–H groups in total. The zero-order valence-electron chi connectivity index (χ0n) is 11.3. The molecule has 0 saturated carbocycles. The lowest BCUT2D eigenvalue weighted by Gasteiger charge is -2.34. The van der Waals surface area contributed by atoms with Gasteiger partial charge in [-0.1, -0.05) is 25.2 Å². The number of carbonyl (C=O) groups is 1. The highest BCUT2D eigenvalue weighted by Gasteiger charge is 2.38. The molecular formula is C13H20N2OS2. The number of hydrogen-bond acceptors (Lipinski definition) is 3. The van der Waals surface area contributed by atoms with E-state index in [0.717, 1.165) is 4.88 Å². The quantitative estimate of drug-likeness (QED) is 0.846. The van der Waals surface area contributed by atoms with E-state index in [2.05, 4.69) is 0 Å². The van der Waals surface area contributed by atoms with Crippen LogP contribution in [0.2, 0.25) is 0 Å². The van der Waals surface area contributed by atoms with Gasteiger partial charge in [-0.15, -0.1) is 11.3 Å². The summed E-state index contributed by atoms with van der Waals surface area (Å²) in [5.41, 5.74) is 4.97. The molecule has 2 atom stereocenters. The molecule has 100 valence electrons. The average molecular weight is 284 g/mol. The minimum Gasteiger partial charge on any atom is -0.392 e. The lowest BCUT2D eigenvalue weighted by Crippen LogP contribution is -2.47. The summed E-state index contributed by atoms with van der Waals surface area (Å²) in [6.07, 6.45) is 0.614. The second-order valence-corrected chi connectivity index (χ2v) is 6.08. The van der Waals surface area contributed by atoms with Crippen molar-refractivity contribution in [3.05, 3.63) is 22.4 Å². The van der Waals surface area contributed by atoms with Crippen molar-refractivity contribution in [1.82, 2.24) is 4.90 Å². The van der Waals surface area contributed by atoms with E-state index in [0.29, 0.717) is 6.42 Å². The van der Waals surface area contributed by atoms with Crippen molar-refractivity contribution in [3.63, 3.8) is 0 Å². The molecule has 0 fully saturated rings. The maximum Gasteiger partial charge on any atom is 0.235 e. The molecule has 0 aliphatic rings. The Bertz CT molecular complexity index is 430. The normalized spacial score (nSPS) is 15.8. The number of thiocarbonyl (C=S) groups is 1. The monoisotopic (exact) mass is 284 g/mol. The van der Waals surface area contributed by atoms with Crippen molar-refractivity contribution < 1.29 is 4.79 Å². The number of nitrogens with zero attached hydrogens (tertiary/aromatic N) is 1. The smallest absolute Gasteiger partial charge is 0.235 e. The van der Waals surface area contributed by atoms with E-state index >= 15 is 0 Å². The second-order valence-electron chi connectivity index (χ2n) is 4.66. The summed E-state index contributed by atoms with van der Waals surface area (Å²) >= 11 is 6.69. The lowest BCUT2D eigenvalue weighted by molar-refractivity contribution is -0.138. The number of amides is 1. The fraction of sp³-hybridized carbons (Fsp3) is 0.538. The fourth-order valence-corrected chi connectivity index (χ4v) is 2.77. The summed E-state index contributed by atoms with van der Waals surface area (Å²) < 4.78 is 0. The van der Waals surface area contributed by atoms with Crippen LogP contribution in [0, 0.1) is 5.41 Å². The molecule has 18 heavy (non-hydrogen) atoms. The van der Waals surface area contributed by atoms with Crippen molar-refractivity contribution in [2.75, 3.05) is 7.05 Å². The van der Waals surface area contributed by atoms with Gasteiger partial charge in [-0.3, -0.25) is 4.79 Å². The Morgan fingerprint density at radius 1 is 1.67 bits per heavy atom. The van der Waals surface area contributed by atoms with Crippen LogP contribution in [0.15, 0.2) is 17.5 Å². The third-order valence-corrected chi connectivity index (χ3v) is 5.07. The molecule has 0 aromatic carbocycles. The van der Waals surface area contributed by atoms with E-state index < -0.39 is 5.41 Å². The van der Waals surface area contributed by atoms with Crippen LogP contribution in [-0.4, -0.2) is 22.8 Å². The van der Waals surface area contributed by atoms with Crippen molar-refractivity contribution in [2.45, 2.75) is 33.2 Å². The Morgan fingerprint density at radius 3 is 2.67 bits per heavy atom. The lowest BCUT2D eigenvalue weighted by atomic mass is 9.85. The predicted octanol–water partition coefficient (Wildman–Crippen LogP) is 2.97. The molecule has 5 heteroatoms. The van der Waals surface area contributed by atoms with Crippen LogP contribution >= 0.6 is 23.6 Å². The van der Waals surface area contributed by atoms with Crippen LogP contribution in [0.3, 0.4) is 0 Å². The molecule has 0 saturated heterocycles. The van der Waals surface area contributed by atoms with E-state index in [1.807, 2.05) is 38.3 Å². The Hall–Kier alpha value is -0.940. The van der Waals surface area contributed by atoms with Gasteiger partial charge < -0.3 is 10.6 Å².